The Kier molecular flexibility index (Phi) is 4.93. The SMILES string of the molecule is Cc1noc(C)c1CNCCC(=O)N1CCOCC1. The lowest BCUT2D eigenvalue weighted by Gasteiger charge is -2.26. The minimum atomic E-state index is 0.189. The van der Waals surface area contributed by atoms with E-state index in [1.54, 1.807) is 0 Å². The van der Waals surface area contributed by atoms with Crippen molar-refractivity contribution >= 4 is 5.91 Å². The first-order valence-electron chi connectivity index (χ1n) is 6.66. The Hall–Kier alpha value is -1.40. The van der Waals surface area contributed by atoms with E-state index < -0.39 is 0 Å². The average Bonchev–Trinajstić information content (AvgIpc) is 2.75. The van der Waals surface area contributed by atoms with Crippen LogP contribution < -0.4 is 5.32 Å². The fourth-order valence-corrected chi connectivity index (χ4v) is 2.13. The summed E-state index contributed by atoms with van der Waals surface area (Å²) in [4.78, 5) is 13.8. The van der Waals surface area contributed by atoms with Gasteiger partial charge in [-0.1, -0.05) is 5.16 Å². The predicted molar refractivity (Wildman–Crippen MR) is 69.7 cm³/mol. The zero-order valence-corrected chi connectivity index (χ0v) is 11.6. The van der Waals surface area contributed by atoms with Crippen molar-refractivity contribution in [3.05, 3.63) is 17.0 Å². The normalized spacial score (nSPS) is 15.8. The van der Waals surface area contributed by atoms with Crippen molar-refractivity contribution in [2.45, 2.75) is 26.8 Å². The Morgan fingerprint density at radius 3 is 2.74 bits per heavy atom. The van der Waals surface area contributed by atoms with Gasteiger partial charge < -0.3 is 19.5 Å². The lowest BCUT2D eigenvalue weighted by molar-refractivity contribution is -0.135. The summed E-state index contributed by atoms with van der Waals surface area (Å²) in [5, 5.41) is 7.16. The van der Waals surface area contributed by atoms with Crippen LogP contribution in [0.2, 0.25) is 0 Å². The number of aromatic nitrogens is 1. The van der Waals surface area contributed by atoms with Gasteiger partial charge in [0.15, 0.2) is 0 Å². The molecule has 1 aromatic rings. The highest BCUT2D eigenvalue weighted by Crippen LogP contribution is 2.11. The number of morpholine rings is 1. The van der Waals surface area contributed by atoms with Crippen LogP contribution in [0.15, 0.2) is 4.52 Å². The molecular weight excluding hydrogens is 246 g/mol. The minimum Gasteiger partial charge on any atom is -0.378 e. The highest BCUT2D eigenvalue weighted by atomic mass is 16.5. The number of nitrogens with one attached hydrogen (secondary N) is 1. The molecule has 6 heteroatoms. The fourth-order valence-electron chi connectivity index (χ4n) is 2.13. The van der Waals surface area contributed by atoms with Crippen molar-refractivity contribution in [2.75, 3.05) is 32.8 Å². The van der Waals surface area contributed by atoms with Crippen molar-refractivity contribution in [3.63, 3.8) is 0 Å². The first-order valence-corrected chi connectivity index (χ1v) is 6.66. The minimum absolute atomic E-state index is 0.189. The van der Waals surface area contributed by atoms with Crippen LogP contribution in [0.1, 0.15) is 23.4 Å². The van der Waals surface area contributed by atoms with Gasteiger partial charge in [0.05, 0.1) is 18.9 Å². The summed E-state index contributed by atoms with van der Waals surface area (Å²) in [6, 6.07) is 0. The number of rotatable bonds is 5. The van der Waals surface area contributed by atoms with Gasteiger partial charge in [-0.2, -0.15) is 0 Å². The number of carbonyl (C=O) groups excluding carboxylic acids is 1. The maximum absolute atomic E-state index is 11.9. The molecule has 106 valence electrons. The first-order chi connectivity index (χ1) is 9.18. The monoisotopic (exact) mass is 267 g/mol. The van der Waals surface area contributed by atoms with E-state index in [1.165, 1.54) is 0 Å². The molecule has 0 aliphatic carbocycles. The number of aryl methyl sites for hydroxylation is 2. The summed E-state index contributed by atoms with van der Waals surface area (Å²) >= 11 is 0. The van der Waals surface area contributed by atoms with Gasteiger partial charge in [-0.3, -0.25) is 4.79 Å². The Bertz CT molecular complexity index is 405. The summed E-state index contributed by atoms with van der Waals surface area (Å²) in [5.41, 5.74) is 1.99. The van der Waals surface area contributed by atoms with Crippen molar-refractivity contribution in [1.82, 2.24) is 15.4 Å². The number of hydrogen-bond acceptors (Lipinski definition) is 5. The van der Waals surface area contributed by atoms with E-state index in [1.807, 2.05) is 18.7 Å². The van der Waals surface area contributed by atoms with E-state index >= 15 is 0 Å². The summed E-state index contributed by atoms with van der Waals surface area (Å²) in [7, 11) is 0. The van der Waals surface area contributed by atoms with E-state index in [9.17, 15) is 4.79 Å². The molecule has 0 radical (unpaired) electrons. The van der Waals surface area contributed by atoms with Crippen molar-refractivity contribution in [1.29, 1.82) is 0 Å². The third-order valence-electron chi connectivity index (χ3n) is 3.36. The van der Waals surface area contributed by atoms with Gasteiger partial charge in [-0.05, 0) is 13.8 Å². The molecule has 1 amide bonds. The number of hydrogen-bond donors (Lipinski definition) is 1. The zero-order chi connectivity index (χ0) is 13.7. The Labute approximate surface area is 113 Å². The van der Waals surface area contributed by atoms with Gasteiger partial charge in [-0.15, -0.1) is 0 Å². The van der Waals surface area contributed by atoms with E-state index in [0.717, 1.165) is 17.0 Å². The third kappa shape index (κ3) is 3.78. The highest BCUT2D eigenvalue weighted by Gasteiger charge is 2.16. The Morgan fingerprint density at radius 2 is 2.11 bits per heavy atom. The van der Waals surface area contributed by atoms with Crippen molar-refractivity contribution in [3.8, 4) is 0 Å². The molecule has 2 rings (SSSR count). The molecule has 2 heterocycles. The quantitative estimate of drug-likeness (QED) is 0.793. The smallest absolute Gasteiger partial charge is 0.224 e. The van der Waals surface area contributed by atoms with Gasteiger partial charge in [0.1, 0.15) is 5.76 Å². The molecule has 1 N–H and O–H groups in total. The average molecular weight is 267 g/mol. The Morgan fingerprint density at radius 1 is 1.37 bits per heavy atom. The van der Waals surface area contributed by atoms with Crippen LogP contribution in [0.5, 0.6) is 0 Å². The van der Waals surface area contributed by atoms with Crippen LogP contribution in [0.3, 0.4) is 0 Å². The molecular formula is C13H21N3O3. The summed E-state index contributed by atoms with van der Waals surface area (Å²) in [6.45, 7) is 7.90. The molecule has 0 atom stereocenters. The van der Waals surface area contributed by atoms with Gasteiger partial charge in [-0.25, -0.2) is 0 Å². The lowest BCUT2D eigenvalue weighted by Crippen LogP contribution is -2.41. The molecule has 0 bridgehead atoms. The molecule has 0 saturated carbocycles. The second-order valence-electron chi connectivity index (χ2n) is 4.72. The van der Waals surface area contributed by atoms with Crippen LogP contribution in [0.25, 0.3) is 0 Å². The fraction of sp³-hybridized carbons (Fsp3) is 0.692. The molecule has 19 heavy (non-hydrogen) atoms. The van der Waals surface area contributed by atoms with E-state index in [0.29, 0.717) is 45.8 Å². The maximum atomic E-state index is 11.9. The Balaban J connectivity index is 1.67. The zero-order valence-electron chi connectivity index (χ0n) is 11.6. The molecule has 1 fully saturated rings. The highest BCUT2D eigenvalue weighted by molar-refractivity contribution is 5.76. The second kappa shape index (κ2) is 6.68. The van der Waals surface area contributed by atoms with E-state index in [4.69, 9.17) is 9.26 Å². The summed E-state index contributed by atoms with van der Waals surface area (Å²) in [6.07, 6.45) is 0.517. The number of ether oxygens (including phenoxy) is 1. The molecule has 0 unspecified atom stereocenters. The molecule has 0 aromatic carbocycles. The summed E-state index contributed by atoms with van der Waals surface area (Å²) in [5.74, 6) is 1.03. The van der Waals surface area contributed by atoms with Gasteiger partial charge in [0.25, 0.3) is 0 Å². The first kappa shape index (κ1) is 14.0. The largest absolute Gasteiger partial charge is 0.378 e. The van der Waals surface area contributed by atoms with Crippen LogP contribution >= 0.6 is 0 Å². The second-order valence-corrected chi connectivity index (χ2v) is 4.72. The van der Waals surface area contributed by atoms with E-state index in [2.05, 4.69) is 10.5 Å². The maximum Gasteiger partial charge on any atom is 0.224 e. The molecule has 0 spiro atoms. The molecule has 1 aliphatic heterocycles. The predicted octanol–water partition coefficient (Wildman–Crippen LogP) is 0.630. The lowest BCUT2D eigenvalue weighted by atomic mass is 10.2. The van der Waals surface area contributed by atoms with Gasteiger partial charge in [0.2, 0.25) is 5.91 Å². The van der Waals surface area contributed by atoms with Crippen LogP contribution in [0, 0.1) is 13.8 Å². The number of amides is 1. The molecule has 1 aromatic heterocycles. The van der Waals surface area contributed by atoms with Crippen molar-refractivity contribution in [2.24, 2.45) is 0 Å². The molecule has 1 aliphatic rings. The van der Waals surface area contributed by atoms with E-state index in [-0.39, 0.29) is 5.91 Å². The molecule has 6 nitrogen and oxygen atoms in total. The van der Waals surface area contributed by atoms with Crippen LogP contribution in [-0.2, 0) is 16.1 Å². The topological polar surface area (TPSA) is 67.6 Å². The van der Waals surface area contributed by atoms with Crippen LogP contribution in [0.4, 0.5) is 0 Å². The van der Waals surface area contributed by atoms with Gasteiger partial charge >= 0.3 is 0 Å². The number of carbonyl (C=O) groups is 1. The van der Waals surface area contributed by atoms with Crippen LogP contribution in [-0.4, -0.2) is 48.8 Å². The number of nitrogens with zero attached hydrogens (tertiary/aromatic N) is 2. The standard InChI is InChI=1S/C13H21N3O3/c1-10-12(11(2)19-15-10)9-14-4-3-13(17)16-5-7-18-8-6-16/h14H,3-9H2,1-2H3. The summed E-state index contributed by atoms with van der Waals surface area (Å²) < 4.78 is 10.3. The van der Waals surface area contributed by atoms with Gasteiger partial charge in [0, 0.05) is 38.2 Å². The third-order valence-corrected chi connectivity index (χ3v) is 3.36. The molecule has 1 saturated heterocycles. The van der Waals surface area contributed by atoms with Crippen molar-refractivity contribution < 1.29 is 14.1 Å².